The molecule has 0 saturated heterocycles. The summed E-state index contributed by atoms with van der Waals surface area (Å²) in [5.41, 5.74) is 5.70. The predicted molar refractivity (Wildman–Crippen MR) is 82.5 cm³/mol. The lowest BCUT2D eigenvalue weighted by atomic mass is 10.1. The fourth-order valence-electron chi connectivity index (χ4n) is 1.83. The van der Waals surface area contributed by atoms with Crippen LogP contribution in [0.15, 0.2) is 11.8 Å². The van der Waals surface area contributed by atoms with Gasteiger partial charge in [-0.3, -0.25) is 4.79 Å². The number of carbonyl (C=O) groups excluding carboxylic acids is 2. The Morgan fingerprint density at radius 3 is 2.10 bits per heavy atom. The number of ether oxygens (including phenoxy) is 2. The van der Waals surface area contributed by atoms with E-state index in [9.17, 15) is 9.59 Å². The molecule has 122 valence electrons. The maximum atomic E-state index is 11.4. The van der Waals surface area contributed by atoms with Gasteiger partial charge in [0.1, 0.15) is 6.61 Å². The predicted octanol–water partition coefficient (Wildman–Crippen LogP) is 3.08. The third kappa shape index (κ3) is 14.7. The molecule has 0 heterocycles. The molecule has 0 aliphatic rings. The third-order valence-electron chi connectivity index (χ3n) is 2.99. The lowest BCUT2D eigenvalue weighted by Gasteiger charge is -2.04. The van der Waals surface area contributed by atoms with Crippen LogP contribution >= 0.6 is 0 Å². The Morgan fingerprint density at radius 1 is 0.952 bits per heavy atom. The zero-order chi connectivity index (χ0) is 15.9. The first kappa shape index (κ1) is 19.5. The van der Waals surface area contributed by atoms with Crippen molar-refractivity contribution in [3.8, 4) is 0 Å². The minimum absolute atomic E-state index is 0.0812. The Hall–Kier alpha value is -1.52. The van der Waals surface area contributed by atoms with Crippen molar-refractivity contribution in [3.05, 3.63) is 11.8 Å². The summed E-state index contributed by atoms with van der Waals surface area (Å²) in [5, 5.41) is 0. The van der Waals surface area contributed by atoms with Gasteiger partial charge >= 0.3 is 11.9 Å². The second-order valence-electron chi connectivity index (χ2n) is 5.14. The first-order valence-electron chi connectivity index (χ1n) is 7.82. The highest BCUT2D eigenvalue weighted by molar-refractivity contribution is 5.82. The standard InChI is InChI=1S/C16H29NO4/c1-3-4-5-6-7-8-9-10-11-20-16(19)12-15(17)13-21-14(2)18/h12H,3-11,13,17H2,1-2H3/b15-12+. The van der Waals surface area contributed by atoms with Crippen molar-refractivity contribution in [1.29, 1.82) is 0 Å². The van der Waals surface area contributed by atoms with Crippen molar-refractivity contribution < 1.29 is 19.1 Å². The van der Waals surface area contributed by atoms with Crippen molar-refractivity contribution >= 4 is 11.9 Å². The molecule has 0 amide bonds. The van der Waals surface area contributed by atoms with Crippen LogP contribution in [0.4, 0.5) is 0 Å². The quantitative estimate of drug-likeness (QED) is 0.340. The summed E-state index contributed by atoms with van der Waals surface area (Å²) >= 11 is 0. The monoisotopic (exact) mass is 299 g/mol. The molecule has 0 aliphatic heterocycles. The molecule has 5 heteroatoms. The summed E-state index contributed by atoms with van der Waals surface area (Å²) < 4.78 is 9.69. The molecule has 0 aromatic rings. The fourth-order valence-corrected chi connectivity index (χ4v) is 1.83. The molecule has 21 heavy (non-hydrogen) atoms. The van der Waals surface area contributed by atoms with Crippen LogP contribution in [0.3, 0.4) is 0 Å². The molecular formula is C16H29NO4. The van der Waals surface area contributed by atoms with Crippen LogP contribution in [-0.2, 0) is 19.1 Å². The minimum Gasteiger partial charge on any atom is -0.462 e. The van der Waals surface area contributed by atoms with E-state index in [-0.39, 0.29) is 12.3 Å². The number of rotatable bonds is 12. The molecular weight excluding hydrogens is 270 g/mol. The van der Waals surface area contributed by atoms with E-state index < -0.39 is 11.9 Å². The third-order valence-corrected chi connectivity index (χ3v) is 2.99. The number of hydrogen-bond donors (Lipinski definition) is 1. The van der Waals surface area contributed by atoms with Gasteiger partial charge in [0.15, 0.2) is 0 Å². The average Bonchev–Trinajstić information content (AvgIpc) is 2.43. The Labute approximate surface area is 127 Å². The van der Waals surface area contributed by atoms with Gasteiger partial charge in [-0.15, -0.1) is 0 Å². The highest BCUT2D eigenvalue weighted by atomic mass is 16.5. The molecule has 0 aromatic carbocycles. The number of hydrogen-bond acceptors (Lipinski definition) is 5. The van der Waals surface area contributed by atoms with E-state index in [1.54, 1.807) is 0 Å². The van der Waals surface area contributed by atoms with Gasteiger partial charge in [0, 0.05) is 13.0 Å². The zero-order valence-electron chi connectivity index (χ0n) is 13.4. The molecule has 0 fully saturated rings. The Morgan fingerprint density at radius 2 is 1.52 bits per heavy atom. The zero-order valence-corrected chi connectivity index (χ0v) is 13.4. The van der Waals surface area contributed by atoms with Gasteiger partial charge in [0.05, 0.1) is 12.3 Å². The number of carbonyl (C=O) groups is 2. The summed E-state index contributed by atoms with van der Waals surface area (Å²) in [6, 6.07) is 0. The normalized spacial score (nSPS) is 11.2. The largest absolute Gasteiger partial charge is 0.462 e. The summed E-state index contributed by atoms with van der Waals surface area (Å²) in [7, 11) is 0. The number of esters is 2. The molecule has 0 unspecified atom stereocenters. The van der Waals surface area contributed by atoms with E-state index in [2.05, 4.69) is 11.7 Å². The summed E-state index contributed by atoms with van der Waals surface area (Å²) in [6.07, 6.45) is 10.7. The molecule has 0 radical (unpaired) electrons. The van der Waals surface area contributed by atoms with Crippen LogP contribution < -0.4 is 5.73 Å². The fraction of sp³-hybridized carbons (Fsp3) is 0.750. The van der Waals surface area contributed by atoms with Crippen molar-refractivity contribution in [2.45, 2.75) is 65.2 Å². The Kier molecular flexibility index (Phi) is 12.5. The van der Waals surface area contributed by atoms with Crippen LogP contribution in [0, 0.1) is 0 Å². The highest BCUT2D eigenvalue weighted by Gasteiger charge is 2.02. The first-order chi connectivity index (χ1) is 10.1. The van der Waals surface area contributed by atoms with Crippen molar-refractivity contribution in [1.82, 2.24) is 0 Å². The smallest absolute Gasteiger partial charge is 0.332 e. The number of nitrogens with two attached hydrogens (primary N) is 1. The lowest BCUT2D eigenvalue weighted by Crippen LogP contribution is -2.13. The molecule has 0 aliphatic carbocycles. The van der Waals surface area contributed by atoms with Crippen LogP contribution in [0.1, 0.15) is 65.2 Å². The molecule has 5 nitrogen and oxygen atoms in total. The van der Waals surface area contributed by atoms with Crippen molar-refractivity contribution in [2.24, 2.45) is 5.73 Å². The maximum absolute atomic E-state index is 11.4. The Balaban J connectivity index is 3.48. The van der Waals surface area contributed by atoms with E-state index in [0.717, 1.165) is 18.9 Å². The van der Waals surface area contributed by atoms with Gasteiger partial charge in [0.25, 0.3) is 0 Å². The van der Waals surface area contributed by atoms with Crippen LogP contribution in [0.2, 0.25) is 0 Å². The maximum Gasteiger partial charge on any atom is 0.332 e. The topological polar surface area (TPSA) is 78.6 Å². The van der Waals surface area contributed by atoms with Gasteiger partial charge in [-0.05, 0) is 6.42 Å². The summed E-state index contributed by atoms with van der Waals surface area (Å²) in [4.78, 5) is 22.0. The van der Waals surface area contributed by atoms with E-state index in [0.29, 0.717) is 6.61 Å². The van der Waals surface area contributed by atoms with Gasteiger partial charge in [-0.25, -0.2) is 4.79 Å². The van der Waals surface area contributed by atoms with Crippen molar-refractivity contribution in [2.75, 3.05) is 13.2 Å². The Bertz CT molecular complexity index is 326. The van der Waals surface area contributed by atoms with Gasteiger partial charge < -0.3 is 15.2 Å². The van der Waals surface area contributed by atoms with Crippen LogP contribution in [-0.4, -0.2) is 25.2 Å². The molecule has 2 N–H and O–H groups in total. The van der Waals surface area contributed by atoms with Gasteiger partial charge in [-0.1, -0.05) is 51.9 Å². The number of unbranched alkanes of at least 4 members (excludes halogenated alkanes) is 7. The van der Waals surface area contributed by atoms with E-state index in [4.69, 9.17) is 10.5 Å². The summed E-state index contributed by atoms with van der Waals surface area (Å²) in [5.74, 6) is -0.916. The van der Waals surface area contributed by atoms with E-state index in [1.165, 1.54) is 45.4 Å². The molecule has 0 atom stereocenters. The minimum atomic E-state index is -0.484. The molecule has 0 saturated carbocycles. The lowest BCUT2D eigenvalue weighted by molar-refractivity contribution is -0.141. The average molecular weight is 299 g/mol. The van der Waals surface area contributed by atoms with Crippen LogP contribution in [0.25, 0.3) is 0 Å². The molecule has 0 aromatic heterocycles. The highest BCUT2D eigenvalue weighted by Crippen LogP contribution is 2.08. The van der Waals surface area contributed by atoms with E-state index in [1.807, 2.05) is 0 Å². The second-order valence-corrected chi connectivity index (χ2v) is 5.14. The molecule has 0 spiro atoms. The first-order valence-corrected chi connectivity index (χ1v) is 7.82. The van der Waals surface area contributed by atoms with E-state index >= 15 is 0 Å². The second kappa shape index (κ2) is 13.5. The molecule has 0 bridgehead atoms. The van der Waals surface area contributed by atoms with Crippen molar-refractivity contribution in [3.63, 3.8) is 0 Å². The van der Waals surface area contributed by atoms with Gasteiger partial charge in [-0.2, -0.15) is 0 Å². The van der Waals surface area contributed by atoms with Crippen LogP contribution in [0.5, 0.6) is 0 Å². The molecule has 0 rings (SSSR count). The summed E-state index contributed by atoms with van der Waals surface area (Å²) in [6.45, 7) is 3.82. The van der Waals surface area contributed by atoms with Gasteiger partial charge in [0.2, 0.25) is 0 Å². The SMILES string of the molecule is CCCCCCCCCCOC(=O)/C=C(/N)COC(C)=O.